The van der Waals surface area contributed by atoms with Gasteiger partial charge in [-0.05, 0) is 18.9 Å². The summed E-state index contributed by atoms with van der Waals surface area (Å²) < 4.78 is 62.1. The van der Waals surface area contributed by atoms with E-state index in [9.17, 15) is 27.1 Å². The predicted octanol–water partition coefficient (Wildman–Crippen LogP) is 2.85. The van der Waals surface area contributed by atoms with Crippen LogP contribution in [-0.4, -0.2) is 56.1 Å². The van der Waals surface area contributed by atoms with Crippen LogP contribution in [0.25, 0.3) is 0 Å². The maximum atomic E-state index is 12.6. The second-order valence-corrected chi connectivity index (χ2v) is 8.82. The Morgan fingerprint density at radius 2 is 1.96 bits per heavy atom. The lowest BCUT2D eigenvalue weighted by atomic mass is 9.81. The molecular weight excluding hydrogens is 361 g/mol. The quantitative estimate of drug-likeness (QED) is 0.843. The number of hydrogen-bond acceptors (Lipinski definition) is 5. The van der Waals surface area contributed by atoms with Gasteiger partial charge in [-0.1, -0.05) is 0 Å². The molecule has 6 nitrogen and oxygen atoms in total. The summed E-state index contributed by atoms with van der Waals surface area (Å²) in [5.41, 5.74) is -1.15. The Balaban J connectivity index is 1.49. The van der Waals surface area contributed by atoms with Gasteiger partial charge in [-0.15, -0.1) is 0 Å². The lowest BCUT2D eigenvalue weighted by molar-refractivity contribution is -0.141. The molecule has 1 amide bonds. The van der Waals surface area contributed by atoms with Crippen molar-refractivity contribution in [3.05, 3.63) is 24.0 Å². The molecule has 2 saturated heterocycles. The second-order valence-electron chi connectivity index (χ2n) is 6.63. The molecule has 0 radical (unpaired) electrons. The zero-order valence-corrected chi connectivity index (χ0v) is 14.1. The molecule has 10 heteroatoms. The molecule has 0 aliphatic carbocycles. The number of pyridine rings is 1. The van der Waals surface area contributed by atoms with Crippen molar-refractivity contribution in [1.29, 1.82) is 0 Å². The molecule has 2 aliphatic heterocycles. The molecule has 0 unspecified atom stereocenters. The van der Waals surface area contributed by atoms with Gasteiger partial charge in [-0.25, -0.2) is 0 Å². The number of alkyl halides is 3. The number of amides is 1. The summed E-state index contributed by atoms with van der Waals surface area (Å²) in [6.45, 7) is 0.632. The Morgan fingerprint density at radius 1 is 1.32 bits per heavy atom. The largest absolute Gasteiger partial charge is 0.484 e. The molecule has 25 heavy (non-hydrogen) atoms. The van der Waals surface area contributed by atoms with Crippen molar-refractivity contribution >= 4 is 16.5 Å². The first-order valence-electron chi connectivity index (χ1n) is 7.76. The molecule has 0 atom stereocenters. The van der Waals surface area contributed by atoms with Crippen LogP contribution in [0.5, 0.6) is 5.75 Å². The van der Waals surface area contributed by atoms with Crippen LogP contribution in [0.3, 0.4) is 0 Å². The molecule has 1 aromatic rings. The average molecular weight is 380 g/mol. The number of piperidine rings is 1. The summed E-state index contributed by atoms with van der Waals surface area (Å²) in [5, 5.41) is 0. The highest BCUT2D eigenvalue weighted by atomic mass is 32.3. The smallest absolute Gasteiger partial charge is 0.433 e. The van der Waals surface area contributed by atoms with Gasteiger partial charge in [0.2, 0.25) is 0 Å². The minimum atomic E-state index is -4.57. The van der Waals surface area contributed by atoms with Crippen LogP contribution in [-0.2, 0) is 11.0 Å². The summed E-state index contributed by atoms with van der Waals surface area (Å²) >= 11 is 0. The van der Waals surface area contributed by atoms with Crippen LogP contribution < -0.4 is 4.74 Å². The van der Waals surface area contributed by atoms with E-state index in [2.05, 4.69) is 4.98 Å². The third kappa shape index (κ3) is 4.18. The Bertz CT molecular complexity index is 650. The lowest BCUT2D eigenvalue weighted by Gasteiger charge is -2.58. The monoisotopic (exact) mass is 380 g/mol. The molecule has 2 aliphatic rings. The standard InChI is InChI=1S/C15H19F3N2O4S/c16-15(17,18)12-7-11(1-4-19-12)24-8-13(21)20-5-2-14(3-6-20)9-25(22,23)10-14/h1,4,7,22-23H,2-3,5-6,8-10H2. The zero-order chi connectivity index (χ0) is 18.3. The lowest BCUT2D eigenvalue weighted by Crippen LogP contribution is -2.53. The van der Waals surface area contributed by atoms with Crippen molar-refractivity contribution in [2.45, 2.75) is 19.0 Å². The molecule has 0 aromatic carbocycles. The average Bonchev–Trinajstić information content (AvgIpc) is 2.51. The molecule has 1 spiro atoms. The molecule has 0 bridgehead atoms. The van der Waals surface area contributed by atoms with E-state index in [0.717, 1.165) is 12.3 Å². The Kier molecular flexibility index (Phi) is 4.63. The molecule has 3 rings (SSSR count). The van der Waals surface area contributed by atoms with Gasteiger partial charge in [0, 0.05) is 42.3 Å². The number of hydrogen-bond donors (Lipinski definition) is 2. The molecule has 0 saturated carbocycles. The number of carbonyl (C=O) groups excluding carboxylic acids is 1. The van der Waals surface area contributed by atoms with Gasteiger partial charge in [-0.2, -0.15) is 23.8 Å². The van der Waals surface area contributed by atoms with E-state index >= 15 is 0 Å². The fourth-order valence-electron chi connectivity index (χ4n) is 3.35. The van der Waals surface area contributed by atoms with E-state index < -0.39 is 22.5 Å². The van der Waals surface area contributed by atoms with E-state index in [1.165, 1.54) is 6.07 Å². The number of rotatable bonds is 3. The van der Waals surface area contributed by atoms with Gasteiger partial charge in [0.1, 0.15) is 11.4 Å². The van der Waals surface area contributed by atoms with Gasteiger partial charge >= 0.3 is 6.18 Å². The number of nitrogens with zero attached hydrogens (tertiary/aromatic N) is 2. The summed E-state index contributed by atoms with van der Waals surface area (Å²) in [6, 6.07) is 2.03. The first-order chi connectivity index (χ1) is 11.6. The number of aromatic nitrogens is 1. The van der Waals surface area contributed by atoms with Gasteiger partial charge in [0.05, 0.1) is 0 Å². The molecule has 2 N–H and O–H groups in total. The van der Waals surface area contributed by atoms with Crippen LogP contribution >= 0.6 is 10.6 Å². The first kappa shape index (κ1) is 18.3. The Labute approximate surface area is 144 Å². The number of likely N-dealkylation sites (tertiary alicyclic amines) is 1. The second kappa shape index (κ2) is 6.33. The molecule has 3 heterocycles. The minimum absolute atomic E-state index is 0.0582. The van der Waals surface area contributed by atoms with Gasteiger partial charge < -0.3 is 9.64 Å². The maximum Gasteiger partial charge on any atom is 0.433 e. The van der Waals surface area contributed by atoms with E-state index in [1.54, 1.807) is 4.90 Å². The summed E-state index contributed by atoms with van der Waals surface area (Å²) in [4.78, 5) is 17.0. The van der Waals surface area contributed by atoms with E-state index in [0.29, 0.717) is 37.4 Å². The third-order valence-corrected chi connectivity index (χ3v) is 6.79. The molecular formula is C15H19F3N2O4S. The predicted molar refractivity (Wildman–Crippen MR) is 85.6 cm³/mol. The number of ether oxygens (including phenoxy) is 1. The van der Waals surface area contributed by atoms with Crippen molar-refractivity contribution < 1.29 is 31.8 Å². The Hall–Kier alpha value is -1.52. The van der Waals surface area contributed by atoms with Crippen molar-refractivity contribution in [2.24, 2.45) is 5.41 Å². The van der Waals surface area contributed by atoms with E-state index in [1.807, 2.05) is 0 Å². The first-order valence-corrected chi connectivity index (χ1v) is 9.65. The van der Waals surface area contributed by atoms with Gasteiger partial charge in [0.25, 0.3) is 5.91 Å². The fourth-order valence-corrected chi connectivity index (χ4v) is 5.80. The highest BCUT2D eigenvalue weighted by molar-refractivity contribution is 8.25. The topological polar surface area (TPSA) is 82.9 Å². The normalized spacial score (nSPS) is 23.0. The van der Waals surface area contributed by atoms with Crippen molar-refractivity contribution in [3.63, 3.8) is 0 Å². The highest BCUT2D eigenvalue weighted by Crippen LogP contribution is 2.62. The molecule has 2 fully saturated rings. The highest BCUT2D eigenvalue weighted by Gasteiger charge is 2.49. The van der Waals surface area contributed by atoms with E-state index in [4.69, 9.17) is 4.74 Å². The summed E-state index contributed by atoms with van der Waals surface area (Å²) in [5.74, 6) is 0.439. The fraction of sp³-hybridized carbons (Fsp3) is 0.600. The van der Waals surface area contributed by atoms with Gasteiger partial charge in [-0.3, -0.25) is 18.9 Å². The number of halogens is 3. The third-order valence-electron chi connectivity index (χ3n) is 4.64. The van der Waals surface area contributed by atoms with Crippen LogP contribution in [0.2, 0.25) is 0 Å². The molecule has 1 aromatic heterocycles. The maximum absolute atomic E-state index is 12.6. The minimum Gasteiger partial charge on any atom is -0.484 e. The SMILES string of the molecule is O=C(COc1ccnc(C(F)(F)F)c1)N1CCC2(CC1)CS(O)(O)C2. The van der Waals surface area contributed by atoms with Crippen LogP contribution in [0.15, 0.2) is 18.3 Å². The van der Waals surface area contributed by atoms with Crippen molar-refractivity contribution in [2.75, 3.05) is 31.2 Å². The molecule has 140 valence electrons. The number of carbonyl (C=O) groups is 1. The van der Waals surface area contributed by atoms with Crippen molar-refractivity contribution in [3.8, 4) is 5.75 Å². The zero-order valence-electron chi connectivity index (χ0n) is 13.3. The van der Waals surface area contributed by atoms with Crippen LogP contribution in [0.4, 0.5) is 13.2 Å². The summed E-state index contributed by atoms with van der Waals surface area (Å²) in [6.07, 6.45) is -2.18. The van der Waals surface area contributed by atoms with E-state index in [-0.39, 0.29) is 23.7 Å². The van der Waals surface area contributed by atoms with Crippen LogP contribution in [0, 0.1) is 5.41 Å². The summed E-state index contributed by atoms with van der Waals surface area (Å²) in [7, 11) is -2.42. The van der Waals surface area contributed by atoms with Crippen molar-refractivity contribution in [1.82, 2.24) is 9.88 Å². The Morgan fingerprint density at radius 3 is 2.52 bits per heavy atom. The van der Waals surface area contributed by atoms with Gasteiger partial charge in [0.15, 0.2) is 6.61 Å². The van der Waals surface area contributed by atoms with Crippen LogP contribution in [0.1, 0.15) is 18.5 Å².